The highest BCUT2D eigenvalue weighted by Gasteiger charge is 2.40. The molecule has 0 fully saturated rings. The lowest BCUT2D eigenvalue weighted by Crippen LogP contribution is -2.49. The average Bonchev–Trinajstić information content (AvgIpc) is 2.57. The van der Waals surface area contributed by atoms with Crippen LogP contribution >= 0.6 is 23.2 Å². The minimum atomic E-state index is -0.296. The van der Waals surface area contributed by atoms with Crippen molar-refractivity contribution >= 4 is 29.2 Å². The summed E-state index contributed by atoms with van der Waals surface area (Å²) < 4.78 is 0. The van der Waals surface area contributed by atoms with Crippen LogP contribution in [0.1, 0.15) is 26.3 Å². The van der Waals surface area contributed by atoms with E-state index in [1.54, 1.807) is 6.07 Å². The molecular formula is C14H19Cl2N3. The van der Waals surface area contributed by atoms with Gasteiger partial charge in [-0.25, -0.2) is 0 Å². The molecule has 1 atom stereocenters. The molecular weight excluding hydrogens is 281 g/mol. The highest BCUT2D eigenvalue weighted by molar-refractivity contribution is 6.35. The lowest BCUT2D eigenvalue weighted by atomic mass is 9.90. The van der Waals surface area contributed by atoms with Crippen molar-refractivity contribution in [3.63, 3.8) is 0 Å². The zero-order valence-electron chi connectivity index (χ0n) is 11.5. The Hall–Kier alpha value is -0.930. The van der Waals surface area contributed by atoms with E-state index in [0.717, 1.165) is 12.1 Å². The summed E-state index contributed by atoms with van der Waals surface area (Å²) in [5.74, 6) is 1.08. The molecule has 2 rings (SSSR count). The van der Waals surface area contributed by atoms with Crippen molar-refractivity contribution in [3.05, 3.63) is 33.8 Å². The van der Waals surface area contributed by atoms with Gasteiger partial charge in [-0.1, -0.05) is 43.1 Å². The Balaban J connectivity index is 2.41. The molecule has 5 heteroatoms. The highest BCUT2D eigenvalue weighted by Crippen LogP contribution is 2.38. The molecule has 0 saturated carbocycles. The van der Waals surface area contributed by atoms with E-state index in [4.69, 9.17) is 28.9 Å². The molecule has 3 nitrogen and oxygen atoms in total. The second-order valence-electron chi connectivity index (χ2n) is 5.58. The molecule has 0 bridgehead atoms. The summed E-state index contributed by atoms with van der Waals surface area (Å²) >= 11 is 12.3. The van der Waals surface area contributed by atoms with Crippen LogP contribution in [0.2, 0.25) is 10.0 Å². The molecule has 1 heterocycles. The molecule has 1 unspecified atom stereocenters. The maximum Gasteiger partial charge on any atom is 0.192 e. The normalized spacial score (nSPS) is 23.1. The Morgan fingerprint density at radius 1 is 1.42 bits per heavy atom. The SMILES string of the molecule is CC(C)CN1C(N)=NCC1(C)c1ccc(Cl)cc1Cl. The minimum absolute atomic E-state index is 0.296. The molecule has 0 radical (unpaired) electrons. The fourth-order valence-corrected chi connectivity index (χ4v) is 3.09. The molecule has 1 aromatic rings. The summed E-state index contributed by atoms with van der Waals surface area (Å²) in [7, 11) is 0. The first-order valence-electron chi connectivity index (χ1n) is 6.37. The van der Waals surface area contributed by atoms with Gasteiger partial charge < -0.3 is 10.6 Å². The monoisotopic (exact) mass is 299 g/mol. The zero-order chi connectivity index (χ0) is 14.2. The van der Waals surface area contributed by atoms with Gasteiger partial charge in [0.1, 0.15) is 0 Å². The Bertz CT molecular complexity index is 513. The Morgan fingerprint density at radius 3 is 2.68 bits per heavy atom. The number of nitrogens with zero attached hydrogens (tertiary/aromatic N) is 2. The summed E-state index contributed by atoms with van der Waals surface area (Å²) in [5, 5.41) is 1.30. The van der Waals surface area contributed by atoms with E-state index in [1.807, 2.05) is 12.1 Å². The summed E-state index contributed by atoms with van der Waals surface area (Å²) in [6.45, 7) is 7.91. The summed E-state index contributed by atoms with van der Waals surface area (Å²) in [5.41, 5.74) is 6.75. The van der Waals surface area contributed by atoms with Crippen molar-refractivity contribution < 1.29 is 0 Å². The van der Waals surface area contributed by atoms with E-state index < -0.39 is 0 Å². The largest absolute Gasteiger partial charge is 0.370 e. The van der Waals surface area contributed by atoms with Gasteiger partial charge in [0.25, 0.3) is 0 Å². The van der Waals surface area contributed by atoms with Crippen LogP contribution in [0.25, 0.3) is 0 Å². The van der Waals surface area contributed by atoms with Crippen molar-refractivity contribution in [3.8, 4) is 0 Å². The standard InChI is InChI=1S/C14H19Cl2N3/c1-9(2)7-19-13(17)18-8-14(19,3)11-5-4-10(15)6-12(11)16/h4-6,9H,7-8H2,1-3H3,(H2,17,18). The number of rotatable bonds is 3. The average molecular weight is 300 g/mol. The van der Waals surface area contributed by atoms with E-state index in [1.165, 1.54) is 0 Å². The smallest absolute Gasteiger partial charge is 0.192 e. The lowest BCUT2D eigenvalue weighted by molar-refractivity contribution is 0.204. The van der Waals surface area contributed by atoms with Crippen LogP contribution in [0.5, 0.6) is 0 Å². The quantitative estimate of drug-likeness (QED) is 0.928. The molecule has 2 N–H and O–H groups in total. The van der Waals surface area contributed by atoms with Gasteiger partial charge in [-0.2, -0.15) is 0 Å². The van der Waals surface area contributed by atoms with E-state index >= 15 is 0 Å². The maximum absolute atomic E-state index is 6.35. The molecule has 0 spiro atoms. The molecule has 0 saturated heterocycles. The second kappa shape index (κ2) is 5.22. The van der Waals surface area contributed by atoms with Crippen LogP contribution in [-0.2, 0) is 5.54 Å². The van der Waals surface area contributed by atoms with E-state index in [9.17, 15) is 0 Å². The zero-order valence-corrected chi connectivity index (χ0v) is 13.0. The van der Waals surface area contributed by atoms with Crippen molar-refractivity contribution in [1.82, 2.24) is 4.90 Å². The molecule has 19 heavy (non-hydrogen) atoms. The summed E-state index contributed by atoms with van der Waals surface area (Å²) in [4.78, 5) is 6.52. The first-order valence-corrected chi connectivity index (χ1v) is 7.13. The molecule has 0 amide bonds. The molecule has 1 aliphatic heterocycles. The summed E-state index contributed by atoms with van der Waals surface area (Å²) in [6, 6.07) is 5.59. The van der Waals surface area contributed by atoms with Gasteiger partial charge in [-0.3, -0.25) is 4.99 Å². The Labute approximate surface area is 124 Å². The summed E-state index contributed by atoms with van der Waals surface area (Å²) in [6.07, 6.45) is 0. The fraction of sp³-hybridized carbons (Fsp3) is 0.500. The highest BCUT2D eigenvalue weighted by atomic mass is 35.5. The number of aliphatic imine (C=N–C) groups is 1. The number of benzene rings is 1. The predicted molar refractivity (Wildman–Crippen MR) is 81.8 cm³/mol. The Morgan fingerprint density at radius 2 is 2.11 bits per heavy atom. The topological polar surface area (TPSA) is 41.6 Å². The van der Waals surface area contributed by atoms with Crippen LogP contribution in [0.15, 0.2) is 23.2 Å². The molecule has 104 valence electrons. The van der Waals surface area contributed by atoms with Crippen molar-refractivity contribution in [2.75, 3.05) is 13.1 Å². The van der Waals surface area contributed by atoms with Crippen LogP contribution in [0, 0.1) is 5.92 Å². The van der Waals surface area contributed by atoms with Crippen LogP contribution in [0.4, 0.5) is 0 Å². The van der Waals surface area contributed by atoms with E-state index in [0.29, 0.717) is 28.5 Å². The Kier molecular flexibility index (Phi) is 3.98. The molecule has 1 aromatic carbocycles. The number of guanidine groups is 1. The minimum Gasteiger partial charge on any atom is -0.370 e. The van der Waals surface area contributed by atoms with Gasteiger partial charge in [0.15, 0.2) is 5.96 Å². The predicted octanol–water partition coefficient (Wildman–Crippen LogP) is 3.49. The van der Waals surface area contributed by atoms with Gasteiger partial charge in [-0.05, 0) is 30.5 Å². The van der Waals surface area contributed by atoms with Gasteiger partial charge in [-0.15, -0.1) is 0 Å². The molecule has 0 aromatic heterocycles. The second-order valence-corrected chi connectivity index (χ2v) is 6.42. The van der Waals surface area contributed by atoms with E-state index in [2.05, 4.69) is 30.7 Å². The third-order valence-electron chi connectivity index (χ3n) is 3.48. The lowest BCUT2D eigenvalue weighted by Gasteiger charge is -2.38. The van der Waals surface area contributed by atoms with Crippen molar-refractivity contribution in [2.45, 2.75) is 26.3 Å². The third kappa shape index (κ3) is 2.67. The van der Waals surface area contributed by atoms with E-state index in [-0.39, 0.29) is 5.54 Å². The first kappa shape index (κ1) is 14.5. The number of hydrogen-bond donors (Lipinski definition) is 1. The molecule has 1 aliphatic rings. The molecule has 0 aliphatic carbocycles. The maximum atomic E-state index is 6.35. The fourth-order valence-electron chi connectivity index (χ4n) is 2.48. The van der Waals surface area contributed by atoms with Crippen molar-refractivity contribution in [2.24, 2.45) is 16.6 Å². The van der Waals surface area contributed by atoms with Gasteiger partial charge in [0.05, 0.1) is 12.1 Å². The number of halogens is 2. The van der Waals surface area contributed by atoms with Gasteiger partial charge >= 0.3 is 0 Å². The van der Waals surface area contributed by atoms with Crippen LogP contribution < -0.4 is 5.73 Å². The van der Waals surface area contributed by atoms with Crippen molar-refractivity contribution in [1.29, 1.82) is 0 Å². The number of nitrogens with two attached hydrogens (primary N) is 1. The third-order valence-corrected chi connectivity index (χ3v) is 4.03. The number of hydrogen-bond acceptors (Lipinski definition) is 3. The van der Waals surface area contributed by atoms with Gasteiger partial charge in [0, 0.05) is 16.6 Å². The first-order chi connectivity index (χ1) is 8.84. The van der Waals surface area contributed by atoms with Gasteiger partial charge in [0.2, 0.25) is 0 Å². The van der Waals surface area contributed by atoms with Crippen LogP contribution in [-0.4, -0.2) is 23.9 Å². The van der Waals surface area contributed by atoms with Crippen LogP contribution in [0.3, 0.4) is 0 Å².